The molecule has 0 radical (unpaired) electrons. The number of fused-ring (bicyclic) bond motifs is 1. The number of rotatable bonds is 5. The number of ether oxygens (including phenoxy) is 2. The smallest absolute Gasteiger partial charge is 0.427 e. The van der Waals surface area contributed by atoms with Crippen molar-refractivity contribution in [2.75, 3.05) is 19.0 Å². The maximum atomic E-state index is 13.8. The minimum Gasteiger partial charge on any atom is -0.443 e. The highest BCUT2D eigenvalue weighted by Gasteiger charge is 2.35. The van der Waals surface area contributed by atoms with Crippen LogP contribution in [0.15, 0.2) is 54.9 Å². The molecule has 0 atom stereocenters. The van der Waals surface area contributed by atoms with Crippen LogP contribution in [0.4, 0.5) is 19.9 Å². The van der Waals surface area contributed by atoms with Crippen LogP contribution in [-0.2, 0) is 16.0 Å². The summed E-state index contributed by atoms with van der Waals surface area (Å²) >= 11 is 0. The molecule has 3 aromatic heterocycles. The lowest BCUT2D eigenvalue weighted by molar-refractivity contribution is 0.0427. The van der Waals surface area contributed by atoms with Gasteiger partial charge in [-0.2, -0.15) is 0 Å². The molecule has 0 fully saturated rings. The molecule has 41 heavy (non-hydrogen) atoms. The highest BCUT2D eigenvalue weighted by atomic mass is 19.1. The summed E-state index contributed by atoms with van der Waals surface area (Å²) in [4.78, 5) is 42.8. The Kier molecular flexibility index (Phi) is 8.12. The minimum absolute atomic E-state index is 0.227. The number of aromatic nitrogens is 4. The number of carbonyl (C=O) groups excluding carboxylic acids is 2. The van der Waals surface area contributed by atoms with Gasteiger partial charge in [-0.15, -0.1) is 4.90 Å². The van der Waals surface area contributed by atoms with Gasteiger partial charge in [0.1, 0.15) is 22.7 Å². The highest BCUT2D eigenvalue weighted by Crippen LogP contribution is 2.33. The first kappa shape index (κ1) is 29.6. The van der Waals surface area contributed by atoms with Gasteiger partial charge in [-0.3, -0.25) is 4.40 Å². The van der Waals surface area contributed by atoms with Crippen molar-refractivity contribution in [1.29, 1.82) is 0 Å². The molecular weight excluding hydrogens is 527 g/mol. The van der Waals surface area contributed by atoms with E-state index in [1.165, 1.54) is 18.3 Å². The summed E-state index contributed by atoms with van der Waals surface area (Å²) in [7, 11) is 3.96. The van der Waals surface area contributed by atoms with Gasteiger partial charge >= 0.3 is 12.2 Å². The molecule has 10 nitrogen and oxygen atoms in total. The van der Waals surface area contributed by atoms with Crippen molar-refractivity contribution in [2.24, 2.45) is 0 Å². The van der Waals surface area contributed by atoms with E-state index >= 15 is 0 Å². The summed E-state index contributed by atoms with van der Waals surface area (Å²) in [5, 5.41) is 0. The van der Waals surface area contributed by atoms with E-state index in [0.717, 1.165) is 5.56 Å². The number of nitrogens with zero attached hydrogens (tertiary/aromatic N) is 6. The van der Waals surface area contributed by atoms with E-state index < -0.39 is 23.4 Å². The standard InChI is InChI=1S/C30H35FN6O4/c1-29(2,3)40-27(38)37(28(39)41-30(4,5)6)26-32-15-13-22(33-26)25-24(20-9-11-21(31)12-10-20)34-23-17-19(18-35(7)8)14-16-36(23)25/h9-17H,18H2,1-8H3. The molecule has 3 heterocycles. The van der Waals surface area contributed by atoms with Crippen molar-refractivity contribution < 1.29 is 23.5 Å². The Morgan fingerprint density at radius 3 is 2.07 bits per heavy atom. The number of benzene rings is 1. The molecule has 11 heteroatoms. The number of halogens is 1. The number of imidazole rings is 1. The Morgan fingerprint density at radius 1 is 0.902 bits per heavy atom. The fourth-order valence-corrected chi connectivity index (χ4v) is 4.05. The quantitative estimate of drug-likeness (QED) is 0.278. The molecule has 0 bridgehead atoms. The predicted molar refractivity (Wildman–Crippen MR) is 154 cm³/mol. The van der Waals surface area contributed by atoms with E-state index in [9.17, 15) is 14.0 Å². The lowest BCUT2D eigenvalue weighted by atomic mass is 10.1. The Morgan fingerprint density at radius 2 is 1.51 bits per heavy atom. The van der Waals surface area contributed by atoms with Gasteiger partial charge in [0.25, 0.3) is 0 Å². The Bertz CT molecular complexity index is 1540. The second kappa shape index (κ2) is 11.2. The van der Waals surface area contributed by atoms with E-state index in [1.807, 2.05) is 36.8 Å². The van der Waals surface area contributed by atoms with Crippen LogP contribution in [0.2, 0.25) is 0 Å². The molecule has 4 aromatic rings. The van der Waals surface area contributed by atoms with E-state index in [0.29, 0.717) is 39.7 Å². The number of pyridine rings is 1. The first-order valence-electron chi connectivity index (χ1n) is 13.1. The van der Waals surface area contributed by atoms with Gasteiger partial charge < -0.3 is 14.4 Å². The van der Waals surface area contributed by atoms with E-state index in [2.05, 4.69) is 14.9 Å². The molecule has 0 aliphatic rings. The number of amides is 2. The number of hydrogen-bond acceptors (Lipinski definition) is 8. The van der Waals surface area contributed by atoms with Gasteiger partial charge in [0.2, 0.25) is 5.95 Å². The second-order valence-electron chi connectivity index (χ2n) is 11.9. The van der Waals surface area contributed by atoms with E-state index in [1.54, 1.807) is 59.7 Å². The third-order valence-electron chi connectivity index (χ3n) is 5.54. The molecule has 0 unspecified atom stereocenters. The van der Waals surface area contributed by atoms with Crippen LogP contribution in [0.1, 0.15) is 47.1 Å². The summed E-state index contributed by atoms with van der Waals surface area (Å²) in [5.41, 5.74) is 2.06. The predicted octanol–water partition coefficient (Wildman–Crippen LogP) is 6.34. The molecule has 2 amide bonds. The Balaban J connectivity index is 1.89. The lowest BCUT2D eigenvalue weighted by Gasteiger charge is -2.27. The first-order valence-corrected chi connectivity index (χ1v) is 13.1. The number of carbonyl (C=O) groups is 2. The van der Waals surface area contributed by atoms with Crippen molar-refractivity contribution in [3.8, 4) is 22.6 Å². The maximum Gasteiger partial charge on any atom is 0.427 e. The lowest BCUT2D eigenvalue weighted by Crippen LogP contribution is -2.44. The van der Waals surface area contributed by atoms with Gasteiger partial charge in [0.05, 0.1) is 17.1 Å². The minimum atomic E-state index is -0.978. The fraction of sp³-hybridized carbons (Fsp3) is 0.367. The van der Waals surface area contributed by atoms with Gasteiger partial charge in [-0.1, -0.05) is 0 Å². The van der Waals surface area contributed by atoms with Crippen LogP contribution in [0.25, 0.3) is 28.3 Å². The zero-order valence-electron chi connectivity index (χ0n) is 24.6. The molecule has 4 rings (SSSR count). The average molecular weight is 563 g/mol. The Hall–Kier alpha value is -4.38. The zero-order valence-corrected chi connectivity index (χ0v) is 24.6. The average Bonchev–Trinajstić information content (AvgIpc) is 3.21. The molecule has 0 spiro atoms. The van der Waals surface area contributed by atoms with Crippen molar-refractivity contribution in [1.82, 2.24) is 24.3 Å². The summed E-state index contributed by atoms with van der Waals surface area (Å²) in [5.74, 6) is -0.600. The molecule has 0 aliphatic carbocycles. The van der Waals surface area contributed by atoms with Gasteiger partial charge in [-0.05, 0) is 104 Å². The first-order chi connectivity index (χ1) is 19.1. The van der Waals surface area contributed by atoms with Crippen LogP contribution < -0.4 is 4.90 Å². The monoisotopic (exact) mass is 562 g/mol. The number of imide groups is 1. The van der Waals surface area contributed by atoms with Crippen molar-refractivity contribution in [3.05, 3.63) is 66.2 Å². The molecule has 1 aromatic carbocycles. The topological polar surface area (TPSA) is 102 Å². The molecule has 0 saturated heterocycles. The summed E-state index contributed by atoms with van der Waals surface area (Å²) in [6.07, 6.45) is 1.36. The number of hydrogen-bond donors (Lipinski definition) is 0. The van der Waals surface area contributed by atoms with E-state index in [-0.39, 0.29) is 11.8 Å². The van der Waals surface area contributed by atoms with Crippen molar-refractivity contribution >= 4 is 23.8 Å². The van der Waals surface area contributed by atoms with Gasteiger partial charge in [-0.25, -0.2) is 28.9 Å². The SMILES string of the molecule is CN(C)Cc1ccn2c(-c3ccnc(N(C(=O)OC(C)(C)C)C(=O)OC(C)(C)C)n3)c(-c3ccc(F)cc3)nc2c1. The summed E-state index contributed by atoms with van der Waals surface area (Å²) in [6, 6.07) is 11.6. The molecular formula is C30H35FN6O4. The summed E-state index contributed by atoms with van der Waals surface area (Å²) in [6.45, 7) is 10.8. The van der Waals surface area contributed by atoms with Crippen LogP contribution in [0.3, 0.4) is 0 Å². The molecule has 0 aliphatic heterocycles. The normalized spacial score (nSPS) is 12.0. The Labute approximate surface area is 238 Å². The molecule has 0 N–H and O–H groups in total. The van der Waals surface area contributed by atoms with Gasteiger partial charge in [0, 0.05) is 24.5 Å². The van der Waals surface area contributed by atoms with Gasteiger partial charge in [0.15, 0.2) is 0 Å². The zero-order chi connectivity index (χ0) is 30.1. The van der Waals surface area contributed by atoms with Crippen LogP contribution >= 0.6 is 0 Å². The molecule has 0 saturated carbocycles. The fourth-order valence-electron chi connectivity index (χ4n) is 4.05. The summed E-state index contributed by atoms with van der Waals surface area (Å²) < 4.78 is 26.6. The van der Waals surface area contributed by atoms with Crippen molar-refractivity contribution in [3.63, 3.8) is 0 Å². The molecule has 216 valence electrons. The third kappa shape index (κ3) is 7.23. The largest absolute Gasteiger partial charge is 0.443 e. The van der Waals surface area contributed by atoms with Crippen LogP contribution in [0, 0.1) is 5.82 Å². The van der Waals surface area contributed by atoms with Crippen LogP contribution in [-0.4, -0.2) is 61.7 Å². The number of anilines is 1. The van der Waals surface area contributed by atoms with Crippen LogP contribution in [0.5, 0.6) is 0 Å². The van der Waals surface area contributed by atoms with Crippen molar-refractivity contribution in [2.45, 2.75) is 59.3 Å². The highest BCUT2D eigenvalue weighted by molar-refractivity contribution is 6.08. The van der Waals surface area contributed by atoms with E-state index in [4.69, 9.17) is 14.5 Å². The maximum absolute atomic E-state index is 13.8. The second-order valence-corrected chi connectivity index (χ2v) is 11.9. The third-order valence-corrected chi connectivity index (χ3v) is 5.54.